The number of hydrogen-bond donors (Lipinski definition) is 14. The van der Waals surface area contributed by atoms with Crippen LogP contribution in [0.2, 0.25) is 0 Å². The molecule has 7 aromatic carbocycles. The molecule has 29 heteroatoms. The van der Waals surface area contributed by atoms with Crippen LogP contribution >= 0.6 is 0 Å². The normalized spacial score (nSPS) is 13.6. The summed E-state index contributed by atoms with van der Waals surface area (Å²) >= 11 is 0. The maximum Gasteiger partial charge on any atom is 0.326 e. The summed E-state index contributed by atoms with van der Waals surface area (Å²) in [6, 6.07) is 50.7. The smallest absolute Gasteiger partial charge is 0.326 e. The summed E-state index contributed by atoms with van der Waals surface area (Å²) < 4.78 is 33.6. The summed E-state index contributed by atoms with van der Waals surface area (Å²) in [5.74, 6) is -8.46. The van der Waals surface area contributed by atoms with Crippen LogP contribution in [0.4, 0.5) is 9.59 Å². The van der Waals surface area contributed by atoms with Crippen molar-refractivity contribution in [3.63, 3.8) is 0 Å². The maximum absolute atomic E-state index is 15.0. The first-order chi connectivity index (χ1) is 51.8. The van der Waals surface area contributed by atoms with E-state index in [1.54, 1.807) is 212 Å². The molecule has 0 saturated carbocycles. The topological polar surface area (TPSA) is 415 Å². The molecular weight excluding hydrogens is 1410 g/mol. The van der Waals surface area contributed by atoms with Crippen molar-refractivity contribution in [2.24, 2.45) is 0 Å². The number of carbonyl (C=O) groups is 11. The maximum atomic E-state index is 15.0. The lowest BCUT2D eigenvalue weighted by Crippen LogP contribution is -2.60. The Morgan fingerprint density at radius 3 is 0.861 bits per heavy atom. The number of nitrogens with one attached hydrogen (secondary N) is 11. The number of carboxylic acids is 2. The Hall–Kier alpha value is -11.8. The van der Waals surface area contributed by atoms with E-state index in [2.05, 4.69) is 58.5 Å². The molecule has 0 heterocycles. The number of hydrogen-bond acceptors (Lipinski definition) is 13. The highest BCUT2D eigenvalue weighted by Crippen LogP contribution is 2.15. The summed E-state index contributed by atoms with van der Waals surface area (Å²) in [7, 11) is -2.49. The Kier molecular flexibility index (Phi) is 33.7. The zero-order chi connectivity index (χ0) is 77.7. The summed E-state index contributed by atoms with van der Waals surface area (Å²) in [6.07, 6.45) is 0.425. The van der Waals surface area contributed by atoms with Crippen molar-refractivity contribution in [1.82, 2.24) is 58.5 Å². The lowest BCUT2D eigenvalue weighted by molar-refractivity contribution is -0.909. The van der Waals surface area contributed by atoms with Gasteiger partial charge in [0.1, 0.15) is 42.3 Å². The number of quaternary nitrogens is 1. The minimum absolute atomic E-state index is 0.00415. The molecule has 0 aromatic heterocycles. The third-order valence-corrected chi connectivity index (χ3v) is 18.5. The van der Waals surface area contributed by atoms with Crippen LogP contribution in [0, 0.1) is 0 Å². The van der Waals surface area contributed by atoms with Gasteiger partial charge in [0.15, 0.2) is 0 Å². The second kappa shape index (κ2) is 43.6. The van der Waals surface area contributed by atoms with Gasteiger partial charge in [-0.2, -0.15) is 8.42 Å². The van der Waals surface area contributed by atoms with Gasteiger partial charge in [0.2, 0.25) is 41.4 Å². The minimum atomic E-state index is -4.34. The van der Waals surface area contributed by atoms with Crippen LogP contribution in [-0.4, -0.2) is 194 Å². The number of rotatable bonds is 44. The predicted octanol–water partition coefficient (Wildman–Crippen LogP) is 3.35. The highest BCUT2D eigenvalue weighted by Gasteiger charge is 2.34. The lowest BCUT2D eigenvalue weighted by Gasteiger charge is -2.35. The Morgan fingerprint density at radius 1 is 0.315 bits per heavy atom. The quantitative estimate of drug-likeness (QED) is 0.0148. The predicted molar refractivity (Wildman–Crippen MR) is 404 cm³/mol. The first-order valence-corrected chi connectivity index (χ1v) is 37.1. The van der Waals surface area contributed by atoms with Crippen LogP contribution in [0.15, 0.2) is 212 Å². The molecule has 14 N–H and O–H groups in total. The van der Waals surface area contributed by atoms with E-state index in [1.165, 1.54) is 0 Å². The third-order valence-electron chi connectivity index (χ3n) is 17.7. The number of carboxylic acid groups (broad SMARTS) is 2. The Labute approximate surface area is 627 Å². The molecule has 8 atom stereocenters. The van der Waals surface area contributed by atoms with Crippen LogP contribution in [0.5, 0.6) is 0 Å². The second-order valence-electron chi connectivity index (χ2n) is 26.4. The summed E-state index contributed by atoms with van der Waals surface area (Å²) in [5.41, 5.74) is 4.57. The van der Waals surface area contributed by atoms with Crippen molar-refractivity contribution in [3.8, 4) is 0 Å². The van der Waals surface area contributed by atoms with Gasteiger partial charge in [-0.1, -0.05) is 212 Å². The molecule has 572 valence electrons. The highest BCUT2D eigenvalue weighted by atomic mass is 32.2. The molecule has 11 amide bonds. The van der Waals surface area contributed by atoms with Crippen LogP contribution in [-0.2, 0) is 98.2 Å². The van der Waals surface area contributed by atoms with Crippen molar-refractivity contribution >= 4 is 75.5 Å². The van der Waals surface area contributed by atoms with Crippen LogP contribution < -0.4 is 58.5 Å². The molecule has 0 bridgehead atoms. The Balaban J connectivity index is 0.974. The van der Waals surface area contributed by atoms with Gasteiger partial charge in [-0.25, -0.2) is 19.2 Å². The number of carbonyl (C=O) groups excluding carboxylic acids is 9. The number of benzene rings is 7. The summed E-state index contributed by atoms with van der Waals surface area (Å²) in [5, 5.41) is 49.2. The SMILES string of the molecule is C[N+](CCCNC(=O)NC(Cc1ccccc1)C(=O)NCC(=O)NCC(=O)NC(Cc1ccccc1)C(=O)O)(CCCNC(=O)NC(Cc1ccccc1)C(=O)NC(Cc1ccccc1)C(=O)NC(Cc1ccccc1)C(=O)NC(Cc1ccccc1)C(=O)NC(Cc1ccccc1)C(=O)O)CCCS(=O)(=O)O. The van der Waals surface area contributed by atoms with Gasteiger partial charge in [-0.05, 0) is 38.9 Å². The summed E-state index contributed by atoms with van der Waals surface area (Å²) in [4.78, 5) is 150. The monoisotopic (exact) mass is 1500 g/mol. The van der Waals surface area contributed by atoms with E-state index in [4.69, 9.17) is 0 Å². The molecular formula is C79H95N12O16S+. The van der Waals surface area contributed by atoms with Crippen molar-refractivity contribution < 1.29 is 80.4 Å². The number of urea groups is 2. The van der Waals surface area contributed by atoms with Gasteiger partial charge >= 0.3 is 24.0 Å². The van der Waals surface area contributed by atoms with E-state index < -0.39 is 137 Å². The van der Waals surface area contributed by atoms with Gasteiger partial charge in [-0.15, -0.1) is 0 Å². The molecule has 0 fully saturated rings. The zero-order valence-electron chi connectivity index (χ0n) is 60.0. The van der Waals surface area contributed by atoms with E-state index >= 15 is 0 Å². The largest absolute Gasteiger partial charge is 0.480 e. The molecule has 7 rings (SSSR count). The fraction of sp³-hybridized carbons (Fsp3) is 0.329. The van der Waals surface area contributed by atoms with Gasteiger partial charge in [0, 0.05) is 77.3 Å². The van der Waals surface area contributed by atoms with Crippen LogP contribution in [0.3, 0.4) is 0 Å². The van der Waals surface area contributed by atoms with Gasteiger partial charge in [0.05, 0.1) is 45.5 Å². The second-order valence-corrected chi connectivity index (χ2v) is 28.0. The Morgan fingerprint density at radius 2 is 0.565 bits per heavy atom. The molecule has 8 unspecified atom stereocenters. The van der Waals surface area contributed by atoms with Crippen LogP contribution in [0.25, 0.3) is 0 Å². The number of nitrogens with zero attached hydrogens (tertiary/aromatic N) is 1. The highest BCUT2D eigenvalue weighted by molar-refractivity contribution is 7.85. The van der Waals surface area contributed by atoms with Gasteiger partial charge in [-0.3, -0.25) is 38.1 Å². The third kappa shape index (κ3) is 31.1. The lowest BCUT2D eigenvalue weighted by atomic mass is 10.00. The van der Waals surface area contributed by atoms with E-state index in [9.17, 15) is 75.9 Å². The molecule has 0 radical (unpaired) electrons. The van der Waals surface area contributed by atoms with E-state index in [-0.39, 0.29) is 75.5 Å². The fourth-order valence-corrected chi connectivity index (χ4v) is 12.5. The fourth-order valence-electron chi connectivity index (χ4n) is 12.0. The van der Waals surface area contributed by atoms with Gasteiger partial charge in [0.25, 0.3) is 10.1 Å². The molecule has 28 nitrogen and oxygen atoms in total. The number of amides is 11. The van der Waals surface area contributed by atoms with E-state index in [0.717, 1.165) is 0 Å². The van der Waals surface area contributed by atoms with E-state index in [0.29, 0.717) is 64.9 Å². The first-order valence-electron chi connectivity index (χ1n) is 35.5. The molecule has 0 spiro atoms. The molecule has 0 aliphatic rings. The minimum Gasteiger partial charge on any atom is -0.480 e. The van der Waals surface area contributed by atoms with E-state index in [1.807, 2.05) is 7.05 Å². The molecule has 0 saturated heterocycles. The average molecular weight is 1500 g/mol. The van der Waals surface area contributed by atoms with Crippen molar-refractivity contribution in [2.45, 2.75) is 107 Å². The van der Waals surface area contributed by atoms with Gasteiger partial charge < -0.3 is 73.2 Å². The van der Waals surface area contributed by atoms with Crippen molar-refractivity contribution in [3.05, 3.63) is 251 Å². The standard InChI is InChI=1S/C79H94N12O16S/c1-91(44-25-45-108(105,106)107,42-23-40-80-78(103)89-62(46-55-26-9-2-10-27-55)71(94)83-53-69(92)82-54-70(93)84-67(76(99)100)51-60-36-19-7-20-37-60)43-24-41-81-79(104)90-66(50-59-34-17-6-18-35-59)75(98)87-64(48-57-30-13-4-14-31-57)73(96)85-63(47-56-28-11-3-12-29-56)72(95)86-65(49-58-32-15-5-16-33-58)74(97)88-68(77(101)102)52-61-38-21-8-22-39-61/h2-22,26-39,62-68H,23-25,40-54H2,1H3,(H13-,80,81,82,83,84,85,86,87,88,89,90,92,93,94,95,96,97,98,99,100,101,102,103,104,105,106,107)/p+1. The summed E-state index contributed by atoms with van der Waals surface area (Å²) in [6.45, 7) is -0.0922. The van der Waals surface area contributed by atoms with Crippen molar-refractivity contribution in [2.75, 3.05) is 58.6 Å². The van der Waals surface area contributed by atoms with Crippen molar-refractivity contribution in [1.29, 1.82) is 0 Å². The average Bonchev–Trinajstić information content (AvgIpc) is 0.842. The molecule has 0 aliphatic carbocycles. The zero-order valence-corrected chi connectivity index (χ0v) is 60.8. The number of aliphatic carboxylic acids is 2. The first kappa shape index (κ1) is 83.5. The molecule has 0 aliphatic heterocycles. The van der Waals surface area contributed by atoms with Crippen LogP contribution in [0.1, 0.15) is 58.2 Å². The molecule has 7 aromatic rings. The Bertz CT molecular complexity index is 4180. The molecule has 108 heavy (non-hydrogen) atoms.